The lowest BCUT2D eigenvalue weighted by molar-refractivity contribution is -0.158. The summed E-state index contributed by atoms with van der Waals surface area (Å²) in [5.74, 6) is -1.06. The van der Waals surface area contributed by atoms with Gasteiger partial charge in [-0.15, -0.1) is 0 Å². The zero-order valence-electron chi connectivity index (χ0n) is 29.8. The second-order valence-electron chi connectivity index (χ2n) is 15.4. The molecule has 2 aliphatic rings. The SMILES string of the molecule is CC(C)(C)OC(=O)NCC(=O)N[C@H]1CN(C(=O)OC(C)(C)C)[C@@](CCCCB2OC(C)(C)C(C)(C)O2)(C(=O)OCc2ccccc2)C1. The number of esters is 1. The fraction of sp³-hybridized carbons (Fsp3) is 0.706. The number of likely N-dealkylation sites (tertiary alicyclic amines) is 1. The van der Waals surface area contributed by atoms with Crippen molar-refractivity contribution < 1.29 is 42.7 Å². The zero-order chi connectivity index (χ0) is 35.3. The number of rotatable bonds is 11. The lowest BCUT2D eigenvalue weighted by Crippen LogP contribution is -2.55. The fourth-order valence-electron chi connectivity index (χ4n) is 5.59. The molecular weight excluding hydrogens is 605 g/mol. The number of amides is 3. The van der Waals surface area contributed by atoms with E-state index in [9.17, 15) is 19.2 Å². The Hall–Kier alpha value is -3.32. The van der Waals surface area contributed by atoms with Gasteiger partial charge in [0.2, 0.25) is 5.91 Å². The van der Waals surface area contributed by atoms with Gasteiger partial charge in [0.25, 0.3) is 0 Å². The van der Waals surface area contributed by atoms with Gasteiger partial charge in [-0.2, -0.15) is 0 Å². The molecule has 3 amide bonds. The van der Waals surface area contributed by atoms with E-state index < -0.39 is 65.2 Å². The summed E-state index contributed by atoms with van der Waals surface area (Å²) >= 11 is 0. The van der Waals surface area contributed by atoms with Crippen LogP contribution in [0.5, 0.6) is 0 Å². The highest BCUT2D eigenvalue weighted by Crippen LogP contribution is 2.40. The Bertz CT molecular complexity index is 1240. The number of benzene rings is 1. The van der Waals surface area contributed by atoms with Gasteiger partial charge < -0.3 is 34.2 Å². The lowest BCUT2D eigenvalue weighted by atomic mass is 9.80. The van der Waals surface area contributed by atoms with Crippen LogP contribution >= 0.6 is 0 Å². The Morgan fingerprint density at radius 3 is 2.09 bits per heavy atom. The highest BCUT2D eigenvalue weighted by Gasteiger charge is 2.56. The molecule has 0 bridgehead atoms. The van der Waals surface area contributed by atoms with Gasteiger partial charge in [-0.1, -0.05) is 43.2 Å². The number of alkyl carbamates (subject to hydrolysis) is 1. The van der Waals surface area contributed by atoms with Gasteiger partial charge >= 0.3 is 25.3 Å². The summed E-state index contributed by atoms with van der Waals surface area (Å²) < 4.78 is 29.1. The molecule has 2 saturated heterocycles. The maximum atomic E-state index is 14.1. The molecule has 0 spiro atoms. The van der Waals surface area contributed by atoms with E-state index in [2.05, 4.69) is 10.6 Å². The minimum Gasteiger partial charge on any atom is -0.459 e. The molecular formula is C34H54BN3O9. The topological polar surface area (TPSA) is 142 Å². The molecule has 2 heterocycles. The van der Waals surface area contributed by atoms with Crippen LogP contribution in [-0.4, -0.2) is 83.2 Å². The first kappa shape index (κ1) is 38.1. The summed E-state index contributed by atoms with van der Waals surface area (Å²) in [4.78, 5) is 54.2. The highest BCUT2D eigenvalue weighted by atomic mass is 16.7. The summed E-state index contributed by atoms with van der Waals surface area (Å²) in [6.07, 6.45) is 0.773. The first-order valence-electron chi connectivity index (χ1n) is 16.5. The van der Waals surface area contributed by atoms with E-state index in [1.807, 2.05) is 58.0 Å². The highest BCUT2D eigenvalue weighted by molar-refractivity contribution is 6.45. The van der Waals surface area contributed by atoms with Gasteiger partial charge in [-0.05, 0) is 87.5 Å². The number of ether oxygens (including phenoxy) is 3. The van der Waals surface area contributed by atoms with Crippen LogP contribution in [-0.2, 0) is 39.7 Å². The van der Waals surface area contributed by atoms with Crippen molar-refractivity contribution in [2.45, 2.75) is 142 Å². The minimum atomic E-state index is -1.41. The van der Waals surface area contributed by atoms with Gasteiger partial charge in [-0.3, -0.25) is 9.69 Å². The van der Waals surface area contributed by atoms with Crippen molar-refractivity contribution in [2.75, 3.05) is 13.1 Å². The summed E-state index contributed by atoms with van der Waals surface area (Å²) in [5, 5.41) is 5.32. The number of hydrogen-bond acceptors (Lipinski definition) is 9. The van der Waals surface area contributed by atoms with Crippen molar-refractivity contribution in [3.63, 3.8) is 0 Å². The molecule has 2 atom stereocenters. The van der Waals surface area contributed by atoms with Crippen LogP contribution < -0.4 is 10.6 Å². The number of carbonyl (C=O) groups is 4. The summed E-state index contributed by atoms with van der Waals surface area (Å²) in [6, 6.07) is 8.68. The molecule has 13 heteroatoms. The van der Waals surface area contributed by atoms with Crippen LogP contribution in [0.15, 0.2) is 30.3 Å². The number of nitrogens with zero attached hydrogens (tertiary/aromatic N) is 1. The van der Waals surface area contributed by atoms with Crippen molar-refractivity contribution in [1.29, 1.82) is 0 Å². The average molecular weight is 660 g/mol. The maximum absolute atomic E-state index is 14.1. The molecule has 0 saturated carbocycles. The summed E-state index contributed by atoms with van der Waals surface area (Å²) in [7, 11) is -0.393. The van der Waals surface area contributed by atoms with E-state index in [0.29, 0.717) is 19.2 Å². The second kappa shape index (κ2) is 14.8. The van der Waals surface area contributed by atoms with Crippen molar-refractivity contribution in [3.05, 3.63) is 35.9 Å². The molecule has 12 nitrogen and oxygen atoms in total. The van der Waals surface area contributed by atoms with Crippen molar-refractivity contribution >= 4 is 31.2 Å². The molecule has 3 rings (SSSR count). The van der Waals surface area contributed by atoms with E-state index in [1.54, 1.807) is 41.5 Å². The first-order chi connectivity index (χ1) is 21.6. The normalized spacial score (nSPS) is 22.0. The van der Waals surface area contributed by atoms with Gasteiger partial charge in [0, 0.05) is 19.0 Å². The third-order valence-electron chi connectivity index (χ3n) is 8.45. The Labute approximate surface area is 280 Å². The molecule has 1 aromatic carbocycles. The number of carbonyl (C=O) groups excluding carboxylic acids is 4. The van der Waals surface area contributed by atoms with Crippen LogP contribution in [0.4, 0.5) is 9.59 Å². The van der Waals surface area contributed by atoms with Crippen molar-refractivity contribution in [2.24, 2.45) is 0 Å². The zero-order valence-corrected chi connectivity index (χ0v) is 29.8. The maximum Gasteiger partial charge on any atom is 0.457 e. The first-order valence-corrected chi connectivity index (χ1v) is 16.5. The predicted molar refractivity (Wildman–Crippen MR) is 177 cm³/mol. The Balaban J connectivity index is 1.80. The Morgan fingerprint density at radius 1 is 0.915 bits per heavy atom. The van der Waals surface area contributed by atoms with Gasteiger partial charge in [-0.25, -0.2) is 14.4 Å². The van der Waals surface area contributed by atoms with Gasteiger partial charge in [0.05, 0.1) is 11.2 Å². The van der Waals surface area contributed by atoms with Crippen LogP contribution in [0.3, 0.4) is 0 Å². The third kappa shape index (κ3) is 10.9. The number of unbranched alkanes of at least 4 members (excludes halogenated alkanes) is 1. The van der Waals surface area contributed by atoms with E-state index in [-0.39, 0.29) is 32.5 Å². The Kier molecular flexibility index (Phi) is 12.0. The quantitative estimate of drug-likeness (QED) is 0.139. The molecule has 2 aliphatic heterocycles. The summed E-state index contributed by atoms with van der Waals surface area (Å²) in [5.41, 5.74) is -3.07. The molecule has 0 aromatic heterocycles. The number of hydrogen-bond donors (Lipinski definition) is 2. The molecule has 2 N–H and O–H groups in total. The molecule has 0 radical (unpaired) electrons. The fourth-order valence-corrected chi connectivity index (χ4v) is 5.59. The molecule has 262 valence electrons. The van der Waals surface area contributed by atoms with E-state index in [1.165, 1.54) is 4.90 Å². The van der Waals surface area contributed by atoms with Crippen LogP contribution in [0.1, 0.15) is 100 Å². The van der Waals surface area contributed by atoms with E-state index in [4.69, 9.17) is 23.5 Å². The van der Waals surface area contributed by atoms with E-state index >= 15 is 0 Å². The van der Waals surface area contributed by atoms with Crippen molar-refractivity contribution in [3.8, 4) is 0 Å². The smallest absolute Gasteiger partial charge is 0.457 e. The Morgan fingerprint density at radius 2 is 1.51 bits per heavy atom. The second-order valence-corrected chi connectivity index (χ2v) is 15.4. The van der Waals surface area contributed by atoms with Crippen LogP contribution in [0, 0.1) is 0 Å². The molecule has 2 fully saturated rings. The largest absolute Gasteiger partial charge is 0.459 e. The number of nitrogens with one attached hydrogen (secondary N) is 2. The van der Waals surface area contributed by atoms with Crippen LogP contribution in [0.25, 0.3) is 0 Å². The molecule has 47 heavy (non-hydrogen) atoms. The van der Waals surface area contributed by atoms with Crippen molar-refractivity contribution in [1.82, 2.24) is 15.5 Å². The monoisotopic (exact) mass is 659 g/mol. The average Bonchev–Trinajstić information content (AvgIpc) is 3.40. The van der Waals surface area contributed by atoms with Gasteiger partial charge in [0.1, 0.15) is 29.9 Å². The third-order valence-corrected chi connectivity index (χ3v) is 8.45. The predicted octanol–water partition coefficient (Wildman–Crippen LogP) is 5.38. The standard InChI is InChI=1S/C34H54BN3O9/c1-30(2,3)44-28(41)36-21-26(39)37-25-20-34(38(22-25)29(42)45-31(4,5)6,27(40)43-23-24-16-12-11-13-17-24)18-14-15-19-35-46-32(7,8)33(9,10)47-35/h11-13,16-17,25H,14-15,18-23H2,1-10H3,(H,36,41)(H,37,39)/t25-,34-/m1/s1. The molecule has 1 aromatic rings. The van der Waals surface area contributed by atoms with Crippen LogP contribution in [0.2, 0.25) is 6.32 Å². The summed E-state index contributed by atoms with van der Waals surface area (Å²) in [6.45, 7) is 18.1. The minimum absolute atomic E-state index is 0.0186. The van der Waals surface area contributed by atoms with E-state index in [0.717, 1.165) is 5.56 Å². The molecule has 0 aliphatic carbocycles. The lowest BCUT2D eigenvalue weighted by Gasteiger charge is -2.37. The van der Waals surface area contributed by atoms with Gasteiger partial charge in [0.15, 0.2) is 0 Å². The molecule has 0 unspecified atom stereocenters.